The fraction of sp³-hybridized carbons (Fsp3) is 0.857. The molecule has 74 valence electrons. The molecule has 2 atom stereocenters. The first-order valence-electron chi connectivity index (χ1n) is 4.26. The molecule has 1 N–H and O–H groups in total. The zero-order valence-electron chi connectivity index (χ0n) is 7.36. The summed E-state index contributed by atoms with van der Waals surface area (Å²) in [5.74, 6) is 0.488. The largest absolute Gasteiger partial charge is 0.347 e. The van der Waals surface area contributed by atoms with Gasteiger partial charge in [0.05, 0.1) is 17.5 Å². The summed E-state index contributed by atoms with van der Waals surface area (Å²) in [7, 11) is -2.83. The third-order valence-corrected chi connectivity index (χ3v) is 5.71. The second kappa shape index (κ2) is 2.88. The number of thioether (sulfide) groups is 1. The third kappa shape index (κ3) is 1.46. The van der Waals surface area contributed by atoms with Gasteiger partial charge in [0.25, 0.3) is 0 Å². The van der Waals surface area contributed by atoms with Crippen LogP contribution in [-0.4, -0.2) is 47.8 Å². The Morgan fingerprint density at radius 3 is 2.92 bits per heavy atom. The quantitative estimate of drug-likeness (QED) is 0.683. The monoisotopic (exact) mass is 220 g/mol. The van der Waals surface area contributed by atoms with Crippen molar-refractivity contribution in [2.75, 3.05) is 18.1 Å². The van der Waals surface area contributed by atoms with Gasteiger partial charge in [-0.3, -0.25) is 5.41 Å². The molecule has 0 aromatic rings. The lowest BCUT2D eigenvalue weighted by atomic mass is 10.2. The van der Waals surface area contributed by atoms with Crippen LogP contribution in [0, 0.1) is 5.41 Å². The van der Waals surface area contributed by atoms with Crippen molar-refractivity contribution in [1.82, 2.24) is 4.90 Å². The maximum Gasteiger partial charge on any atom is 0.157 e. The maximum absolute atomic E-state index is 11.3. The second-order valence-corrected chi connectivity index (χ2v) is 6.77. The molecule has 0 spiro atoms. The van der Waals surface area contributed by atoms with Crippen molar-refractivity contribution < 1.29 is 8.42 Å². The zero-order valence-corrected chi connectivity index (χ0v) is 8.99. The number of hydrogen-bond donors (Lipinski definition) is 1. The fourth-order valence-corrected chi connectivity index (χ4v) is 5.83. The van der Waals surface area contributed by atoms with Gasteiger partial charge in [0.2, 0.25) is 0 Å². The van der Waals surface area contributed by atoms with Crippen molar-refractivity contribution in [3.63, 3.8) is 0 Å². The van der Waals surface area contributed by atoms with E-state index in [4.69, 9.17) is 5.41 Å². The van der Waals surface area contributed by atoms with Crippen LogP contribution in [0.15, 0.2) is 0 Å². The minimum Gasteiger partial charge on any atom is -0.347 e. The van der Waals surface area contributed by atoms with Crippen LogP contribution in [0.1, 0.15) is 6.92 Å². The van der Waals surface area contributed by atoms with Crippen molar-refractivity contribution in [2.24, 2.45) is 0 Å². The first-order valence-corrected chi connectivity index (χ1v) is 6.96. The minimum atomic E-state index is -2.83. The van der Waals surface area contributed by atoms with Gasteiger partial charge in [0.15, 0.2) is 15.0 Å². The zero-order chi connectivity index (χ0) is 9.64. The average Bonchev–Trinajstić information content (AvgIpc) is 2.39. The summed E-state index contributed by atoms with van der Waals surface area (Å²) in [6.45, 7) is 2.70. The molecule has 0 saturated carbocycles. The van der Waals surface area contributed by atoms with E-state index >= 15 is 0 Å². The standard InChI is InChI=1S/C7H12N2O2S2/c1-2-9-5-3-13(10,11)4-6(5)12-7(9)8/h5-6,8H,2-4H2,1H3/t5-,6+/m0/s1. The van der Waals surface area contributed by atoms with Crippen molar-refractivity contribution in [1.29, 1.82) is 5.41 Å². The first kappa shape index (κ1) is 9.33. The van der Waals surface area contributed by atoms with Crippen LogP contribution in [0.3, 0.4) is 0 Å². The number of hydrogen-bond acceptors (Lipinski definition) is 4. The molecular weight excluding hydrogens is 208 g/mol. The molecule has 0 bridgehead atoms. The Bertz CT molecular complexity index is 338. The van der Waals surface area contributed by atoms with Gasteiger partial charge in [0.1, 0.15) is 0 Å². The molecular formula is C7H12N2O2S2. The summed E-state index contributed by atoms with van der Waals surface area (Å²) in [6, 6.07) is 0.0625. The van der Waals surface area contributed by atoms with Gasteiger partial charge in [0, 0.05) is 11.8 Å². The van der Waals surface area contributed by atoms with E-state index in [1.165, 1.54) is 11.8 Å². The van der Waals surface area contributed by atoms with Gasteiger partial charge in [-0.05, 0) is 6.92 Å². The van der Waals surface area contributed by atoms with E-state index in [2.05, 4.69) is 0 Å². The van der Waals surface area contributed by atoms with E-state index in [0.717, 1.165) is 6.54 Å². The summed E-state index contributed by atoms with van der Waals surface area (Å²) < 4.78 is 22.6. The highest BCUT2D eigenvalue weighted by Gasteiger charge is 2.47. The van der Waals surface area contributed by atoms with Crippen molar-refractivity contribution in [3.8, 4) is 0 Å². The molecule has 2 fully saturated rings. The maximum atomic E-state index is 11.3. The molecule has 0 aliphatic carbocycles. The highest BCUT2D eigenvalue weighted by molar-refractivity contribution is 8.15. The van der Waals surface area contributed by atoms with E-state index in [9.17, 15) is 8.42 Å². The van der Waals surface area contributed by atoms with Crippen LogP contribution in [0.5, 0.6) is 0 Å². The van der Waals surface area contributed by atoms with Crippen LogP contribution in [-0.2, 0) is 9.84 Å². The predicted octanol–water partition coefficient (Wildman–Crippen LogP) is 0.155. The van der Waals surface area contributed by atoms with Gasteiger partial charge in [-0.1, -0.05) is 11.8 Å². The Labute approximate surface area is 82.1 Å². The Hall–Kier alpha value is -0.230. The second-order valence-electron chi connectivity index (χ2n) is 3.39. The molecule has 2 aliphatic rings. The molecule has 2 saturated heterocycles. The molecule has 0 aromatic heterocycles. The van der Waals surface area contributed by atoms with Gasteiger partial charge >= 0.3 is 0 Å². The fourth-order valence-electron chi connectivity index (χ4n) is 1.94. The van der Waals surface area contributed by atoms with Crippen molar-refractivity contribution in [2.45, 2.75) is 18.2 Å². The van der Waals surface area contributed by atoms with Gasteiger partial charge in [-0.15, -0.1) is 0 Å². The molecule has 2 aliphatic heterocycles. The van der Waals surface area contributed by atoms with E-state index in [1.807, 2.05) is 11.8 Å². The van der Waals surface area contributed by atoms with Crippen LogP contribution < -0.4 is 0 Å². The Morgan fingerprint density at radius 1 is 1.62 bits per heavy atom. The van der Waals surface area contributed by atoms with E-state index in [1.54, 1.807) is 0 Å². The summed E-state index contributed by atoms with van der Waals surface area (Å²) in [6.07, 6.45) is 0. The highest BCUT2D eigenvalue weighted by atomic mass is 32.2. The van der Waals surface area contributed by atoms with Crippen LogP contribution >= 0.6 is 11.8 Å². The predicted molar refractivity (Wildman–Crippen MR) is 53.9 cm³/mol. The Morgan fingerprint density at radius 2 is 2.31 bits per heavy atom. The van der Waals surface area contributed by atoms with Crippen LogP contribution in [0.4, 0.5) is 0 Å². The van der Waals surface area contributed by atoms with Gasteiger partial charge in [-0.2, -0.15) is 0 Å². The number of nitrogens with one attached hydrogen (secondary N) is 1. The van der Waals surface area contributed by atoms with Crippen molar-refractivity contribution in [3.05, 3.63) is 0 Å². The first-order chi connectivity index (χ1) is 6.03. The number of sulfone groups is 1. The molecule has 0 aromatic carbocycles. The summed E-state index contributed by atoms with van der Waals surface area (Å²) in [5, 5.41) is 8.27. The molecule has 2 heterocycles. The smallest absolute Gasteiger partial charge is 0.157 e. The molecule has 0 amide bonds. The van der Waals surface area contributed by atoms with Crippen LogP contribution in [0.2, 0.25) is 0 Å². The summed E-state index contributed by atoms with van der Waals surface area (Å²) in [4.78, 5) is 1.89. The molecule has 2 rings (SSSR count). The topological polar surface area (TPSA) is 61.2 Å². The van der Waals surface area contributed by atoms with Gasteiger partial charge in [-0.25, -0.2) is 8.42 Å². The lowest BCUT2D eigenvalue weighted by molar-refractivity contribution is 0.373. The molecule has 4 nitrogen and oxygen atoms in total. The lowest BCUT2D eigenvalue weighted by Crippen LogP contribution is -2.36. The van der Waals surface area contributed by atoms with Gasteiger partial charge < -0.3 is 4.90 Å². The highest BCUT2D eigenvalue weighted by Crippen LogP contribution is 2.36. The molecule has 0 unspecified atom stereocenters. The van der Waals surface area contributed by atoms with E-state index in [-0.39, 0.29) is 22.8 Å². The number of amidine groups is 1. The molecule has 0 radical (unpaired) electrons. The Balaban J connectivity index is 2.24. The molecule has 6 heteroatoms. The average molecular weight is 220 g/mol. The summed E-state index contributed by atoms with van der Waals surface area (Å²) in [5.41, 5.74) is 0. The minimum absolute atomic E-state index is 0.0625. The SMILES string of the molecule is CCN1C(=N)S[C@@H]2CS(=O)(=O)C[C@@H]21. The summed E-state index contributed by atoms with van der Waals surface area (Å²) >= 11 is 1.40. The van der Waals surface area contributed by atoms with E-state index < -0.39 is 9.84 Å². The third-order valence-electron chi connectivity index (χ3n) is 2.54. The number of rotatable bonds is 1. The number of fused-ring (bicyclic) bond motifs is 1. The van der Waals surface area contributed by atoms with E-state index in [0.29, 0.717) is 5.17 Å². The molecule has 13 heavy (non-hydrogen) atoms. The number of nitrogens with zero attached hydrogens (tertiary/aromatic N) is 1. The lowest BCUT2D eigenvalue weighted by Gasteiger charge is -2.21. The normalized spacial score (nSPS) is 36.7. The van der Waals surface area contributed by atoms with Crippen LogP contribution in [0.25, 0.3) is 0 Å². The Kier molecular flexibility index (Phi) is 2.07. The van der Waals surface area contributed by atoms with Crippen molar-refractivity contribution >= 4 is 26.8 Å².